The molecule has 0 aliphatic carbocycles. The molecule has 0 aromatic heterocycles. The molecule has 0 spiro atoms. The molecule has 0 radical (unpaired) electrons. The van der Waals surface area contributed by atoms with Crippen molar-refractivity contribution in [3.63, 3.8) is 0 Å². The number of imide groups is 2. The molecule has 1 saturated heterocycles. The van der Waals surface area contributed by atoms with Gasteiger partial charge in [0, 0.05) is 5.02 Å². The lowest BCUT2D eigenvalue weighted by atomic mass is 9.88. The SMILES string of the molecule is CC1(C)C(=O)NC(=O)N(c2cc(Cl)ccc2Cl)C1=O. The van der Waals surface area contributed by atoms with E-state index >= 15 is 0 Å². The Morgan fingerprint density at radius 1 is 1.16 bits per heavy atom. The summed E-state index contributed by atoms with van der Waals surface area (Å²) in [6.07, 6.45) is 0. The first-order valence-corrected chi connectivity index (χ1v) is 6.16. The number of nitrogens with one attached hydrogen (secondary N) is 1. The van der Waals surface area contributed by atoms with E-state index in [4.69, 9.17) is 23.2 Å². The fourth-order valence-corrected chi connectivity index (χ4v) is 2.02. The van der Waals surface area contributed by atoms with Crippen molar-refractivity contribution in [3.05, 3.63) is 28.2 Å². The molecular formula is C12H10Cl2N2O3. The monoisotopic (exact) mass is 300 g/mol. The number of benzene rings is 1. The molecule has 100 valence electrons. The van der Waals surface area contributed by atoms with Gasteiger partial charge in [-0.1, -0.05) is 23.2 Å². The lowest BCUT2D eigenvalue weighted by Crippen LogP contribution is -2.62. The predicted octanol–water partition coefficient (Wildman–Crippen LogP) is 2.60. The minimum absolute atomic E-state index is 0.150. The van der Waals surface area contributed by atoms with E-state index in [2.05, 4.69) is 5.32 Å². The highest BCUT2D eigenvalue weighted by molar-refractivity contribution is 6.38. The van der Waals surface area contributed by atoms with E-state index in [0.29, 0.717) is 5.02 Å². The minimum Gasteiger partial charge on any atom is -0.276 e. The number of nitrogens with zero attached hydrogens (tertiary/aromatic N) is 1. The van der Waals surface area contributed by atoms with Crippen LogP contribution in [0.1, 0.15) is 13.8 Å². The van der Waals surface area contributed by atoms with Crippen LogP contribution in [0.25, 0.3) is 0 Å². The summed E-state index contributed by atoms with van der Waals surface area (Å²) >= 11 is 11.8. The number of amides is 4. The average molecular weight is 301 g/mol. The smallest absolute Gasteiger partial charge is 0.276 e. The Hall–Kier alpha value is -1.59. The van der Waals surface area contributed by atoms with E-state index in [0.717, 1.165) is 4.90 Å². The van der Waals surface area contributed by atoms with Crippen LogP contribution in [0.5, 0.6) is 0 Å². The van der Waals surface area contributed by atoms with Crippen LogP contribution in [-0.4, -0.2) is 17.8 Å². The van der Waals surface area contributed by atoms with E-state index < -0.39 is 23.3 Å². The second kappa shape index (κ2) is 4.51. The molecule has 0 atom stereocenters. The molecule has 1 N–H and O–H groups in total. The molecule has 5 nitrogen and oxygen atoms in total. The molecule has 7 heteroatoms. The first-order chi connectivity index (χ1) is 8.75. The van der Waals surface area contributed by atoms with Gasteiger partial charge in [0.1, 0.15) is 5.41 Å². The predicted molar refractivity (Wildman–Crippen MR) is 71.3 cm³/mol. The molecule has 2 rings (SSSR count). The van der Waals surface area contributed by atoms with E-state index in [9.17, 15) is 14.4 Å². The number of rotatable bonds is 1. The van der Waals surface area contributed by atoms with Crippen molar-refractivity contribution in [1.29, 1.82) is 0 Å². The second-order valence-electron chi connectivity index (χ2n) is 4.62. The third-order valence-corrected chi connectivity index (χ3v) is 3.43. The normalized spacial score (nSPS) is 18.5. The van der Waals surface area contributed by atoms with Crippen LogP contribution in [0.3, 0.4) is 0 Å². The highest BCUT2D eigenvalue weighted by Crippen LogP contribution is 2.34. The summed E-state index contributed by atoms with van der Waals surface area (Å²) in [5.41, 5.74) is -1.20. The summed E-state index contributed by atoms with van der Waals surface area (Å²) in [6.45, 7) is 2.87. The van der Waals surface area contributed by atoms with Gasteiger partial charge < -0.3 is 0 Å². The van der Waals surface area contributed by atoms with Crippen LogP contribution in [0, 0.1) is 5.41 Å². The fraction of sp³-hybridized carbons (Fsp3) is 0.250. The summed E-state index contributed by atoms with van der Waals surface area (Å²) in [4.78, 5) is 36.6. The summed E-state index contributed by atoms with van der Waals surface area (Å²) < 4.78 is 0. The number of urea groups is 1. The molecule has 1 heterocycles. The molecule has 0 bridgehead atoms. The molecular weight excluding hydrogens is 291 g/mol. The van der Waals surface area contributed by atoms with Gasteiger partial charge in [0.15, 0.2) is 0 Å². The van der Waals surface area contributed by atoms with Crippen molar-refractivity contribution >= 4 is 46.7 Å². The Morgan fingerprint density at radius 3 is 2.42 bits per heavy atom. The number of hydrogen-bond donors (Lipinski definition) is 1. The number of carbonyl (C=O) groups is 3. The van der Waals surface area contributed by atoms with E-state index in [-0.39, 0.29) is 10.7 Å². The van der Waals surface area contributed by atoms with Gasteiger partial charge in [-0.3, -0.25) is 14.9 Å². The Bertz CT molecular complexity index is 599. The first kappa shape index (κ1) is 13.8. The zero-order valence-electron chi connectivity index (χ0n) is 10.2. The largest absolute Gasteiger partial charge is 0.335 e. The topological polar surface area (TPSA) is 66.5 Å². The van der Waals surface area contributed by atoms with Crippen LogP contribution >= 0.6 is 23.2 Å². The lowest BCUT2D eigenvalue weighted by Gasteiger charge is -2.34. The van der Waals surface area contributed by atoms with Crippen LogP contribution in [-0.2, 0) is 9.59 Å². The number of anilines is 1. The molecule has 1 fully saturated rings. The van der Waals surface area contributed by atoms with Crippen LogP contribution in [0.4, 0.5) is 10.5 Å². The number of halogens is 2. The third-order valence-electron chi connectivity index (χ3n) is 2.88. The van der Waals surface area contributed by atoms with Crippen molar-refractivity contribution in [2.45, 2.75) is 13.8 Å². The molecule has 0 unspecified atom stereocenters. The summed E-state index contributed by atoms with van der Waals surface area (Å²) in [5, 5.41) is 2.64. The highest BCUT2D eigenvalue weighted by atomic mass is 35.5. The first-order valence-electron chi connectivity index (χ1n) is 5.40. The Balaban J connectivity index is 2.55. The highest BCUT2D eigenvalue weighted by Gasteiger charge is 2.48. The van der Waals surface area contributed by atoms with Crippen molar-refractivity contribution in [2.75, 3.05) is 4.90 Å². The summed E-state index contributed by atoms with van der Waals surface area (Å²) in [5.74, 6) is -1.29. The molecule has 1 aliphatic rings. The van der Waals surface area contributed by atoms with E-state index in [1.54, 1.807) is 0 Å². The van der Waals surface area contributed by atoms with Gasteiger partial charge in [-0.25, -0.2) is 9.69 Å². The van der Waals surface area contributed by atoms with Crippen LogP contribution in [0.2, 0.25) is 10.0 Å². The van der Waals surface area contributed by atoms with Gasteiger partial charge in [-0.05, 0) is 32.0 Å². The molecule has 0 saturated carbocycles. The van der Waals surface area contributed by atoms with Gasteiger partial charge in [-0.15, -0.1) is 0 Å². The summed E-state index contributed by atoms with van der Waals surface area (Å²) in [7, 11) is 0. The maximum Gasteiger partial charge on any atom is 0.335 e. The zero-order chi connectivity index (χ0) is 14.4. The van der Waals surface area contributed by atoms with Crippen LogP contribution < -0.4 is 10.2 Å². The van der Waals surface area contributed by atoms with Gasteiger partial charge in [-0.2, -0.15) is 0 Å². The van der Waals surface area contributed by atoms with Gasteiger partial charge in [0.25, 0.3) is 0 Å². The lowest BCUT2D eigenvalue weighted by molar-refractivity contribution is -0.140. The van der Waals surface area contributed by atoms with Crippen LogP contribution in [0.15, 0.2) is 18.2 Å². The zero-order valence-corrected chi connectivity index (χ0v) is 11.7. The fourth-order valence-electron chi connectivity index (χ4n) is 1.65. The number of hydrogen-bond acceptors (Lipinski definition) is 3. The number of barbiturate groups is 1. The molecule has 19 heavy (non-hydrogen) atoms. The Morgan fingerprint density at radius 2 is 1.79 bits per heavy atom. The maximum atomic E-state index is 12.3. The van der Waals surface area contributed by atoms with Gasteiger partial charge in [0.05, 0.1) is 10.7 Å². The summed E-state index contributed by atoms with van der Waals surface area (Å²) in [6, 6.07) is 3.57. The second-order valence-corrected chi connectivity index (χ2v) is 5.46. The van der Waals surface area contributed by atoms with Crippen molar-refractivity contribution in [3.8, 4) is 0 Å². The maximum absolute atomic E-state index is 12.3. The molecule has 1 aromatic carbocycles. The molecule has 1 aromatic rings. The quantitative estimate of drug-likeness (QED) is 0.811. The Labute approximate surface area is 119 Å². The van der Waals surface area contributed by atoms with Crippen molar-refractivity contribution < 1.29 is 14.4 Å². The molecule has 4 amide bonds. The van der Waals surface area contributed by atoms with Crippen molar-refractivity contribution in [1.82, 2.24) is 5.32 Å². The van der Waals surface area contributed by atoms with E-state index in [1.165, 1.54) is 32.0 Å². The van der Waals surface area contributed by atoms with E-state index in [1.807, 2.05) is 0 Å². The Kier molecular flexibility index (Phi) is 3.28. The van der Waals surface area contributed by atoms with Gasteiger partial charge >= 0.3 is 6.03 Å². The standard InChI is InChI=1S/C12H10Cl2N2O3/c1-12(2)9(17)15-11(19)16(10(12)18)8-5-6(13)3-4-7(8)14/h3-5H,1-2H3,(H,15,17,19). The molecule has 1 aliphatic heterocycles. The average Bonchev–Trinajstić information content (AvgIpc) is 2.32. The van der Waals surface area contributed by atoms with Crippen molar-refractivity contribution in [2.24, 2.45) is 5.41 Å². The number of carbonyl (C=O) groups excluding carboxylic acids is 3. The van der Waals surface area contributed by atoms with Gasteiger partial charge in [0.2, 0.25) is 11.8 Å². The minimum atomic E-state index is -1.35. The third kappa shape index (κ3) is 2.19.